The van der Waals surface area contributed by atoms with Gasteiger partial charge >= 0.3 is 0 Å². The Morgan fingerprint density at radius 3 is 2.12 bits per heavy atom. The predicted octanol–water partition coefficient (Wildman–Crippen LogP) is 8.06. The third kappa shape index (κ3) is 3.85. The van der Waals surface area contributed by atoms with E-state index in [1.54, 1.807) is 18.2 Å². The maximum atomic E-state index is 14.2. The number of aromatic nitrogens is 2. The van der Waals surface area contributed by atoms with Crippen LogP contribution in [0.1, 0.15) is 21.5 Å². The molecule has 0 aliphatic heterocycles. The SMILES string of the molecule is Cc1cccc(Oc2cc(Nc3ccccc3)c3c4c(nnc(-c5ccccc5O)c24)-c2ccccc2C3=O)c1. The standard InChI is InChI=1S/C34H23N3O3/c1-20-10-9-13-22(18-20)40-28-19-26(35-21-11-3-2-4-12-21)29-31-30(28)33(25-16-7-8-17-27(25)38)37-36-32(31)23-14-5-6-15-24(23)34(29)39/h2-19,35,38H,1H3. The number of nitrogens with zero attached hydrogens (tertiary/aromatic N) is 2. The molecule has 0 saturated carbocycles. The van der Waals surface area contributed by atoms with Crippen LogP contribution in [0.25, 0.3) is 33.3 Å². The van der Waals surface area contributed by atoms with Crippen molar-refractivity contribution in [2.24, 2.45) is 0 Å². The number of para-hydroxylation sites is 2. The van der Waals surface area contributed by atoms with Crippen LogP contribution in [0.3, 0.4) is 0 Å². The van der Waals surface area contributed by atoms with E-state index in [4.69, 9.17) is 4.74 Å². The van der Waals surface area contributed by atoms with Crippen molar-refractivity contribution in [1.29, 1.82) is 0 Å². The van der Waals surface area contributed by atoms with Gasteiger partial charge in [-0.3, -0.25) is 4.79 Å². The highest BCUT2D eigenvalue weighted by Gasteiger charge is 2.33. The van der Waals surface area contributed by atoms with Crippen LogP contribution in [0.15, 0.2) is 109 Å². The van der Waals surface area contributed by atoms with Crippen LogP contribution in [-0.2, 0) is 0 Å². The van der Waals surface area contributed by atoms with E-state index >= 15 is 0 Å². The molecule has 0 saturated heterocycles. The zero-order valence-corrected chi connectivity index (χ0v) is 21.6. The minimum atomic E-state index is -0.120. The second-order valence-electron chi connectivity index (χ2n) is 9.75. The van der Waals surface area contributed by atoms with E-state index in [-0.39, 0.29) is 11.5 Å². The summed E-state index contributed by atoms with van der Waals surface area (Å²) >= 11 is 0. The molecule has 6 heteroatoms. The van der Waals surface area contributed by atoms with Crippen LogP contribution >= 0.6 is 0 Å². The molecule has 0 unspecified atom stereocenters. The lowest BCUT2D eigenvalue weighted by Crippen LogP contribution is -2.15. The van der Waals surface area contributed by atoms with Gasteiger partial charge < -0.3 is 15.2 Å². The molecule has 1 aromatic heterocycles. The molecular formula is C34H23N3O3. The van der Waals surface area contributed by atoms with E-state index in [1.807, 2.05) is 97.9 Å². The summed E-state index contributed by atoms with van der Waals surface area (Å²) in [6.07, 6.45) is 0. The number of aromatic hydroxyl groups is 1. The van der Waals surface area contributed by atoms with Gasteiger partial charge in [0.15, 0.2) is 5.78 Å². The molecule has 192 valence electrons. The van der Waals surface area contributed by atoms with E-state index in [9.17, 15) is 9.90 Å². The number of phenols is 1. The topological polar surface area (TPSA) is 84.3 Å². The van der Waals surface area contributed by atoms with Crippen LogP contribution in [0.2, 0.25) is 0 Å². The summed E-state index contributed by atoms with van der Waals surface area (Å²) in [6, 6.07) is 33.7. The Morgan fingerprint density at radius 2 is 1.38 bits per heavy atom. The first-order valence-corrected chi connectivity index (χ1v) is 12.9. The summed E-state index contributed by atoms with van der Waals surface area (Å²) in [5.41, 5.74) is 5.74. The molecule has 2 N–H and O–H groups in total. The number of rotatable bonds is 5. The number of nitrogens with one attached hydrogen (secondary N) is 1. The zero-order chi connectivity index (χ0) is 27.2. The van der Waals surface area contributed by atoms with E-state index < -0.39 is 0 Å². The highest BCUT2D eigenvalue weighted by Crippen LogP contribution is 2.49. The third-order valence-electron chi connectivity index (χ3n) is 7.10. The van der Waals surface area contributed by atoms with Gasteiger partial charge in [0, 0.05) is 33.8 Å². The van der Waals surface area contributed by atoms with E-state index in [0.717, 1.165) is 11.3 Å². The first-order valence-electron chi connectivity index (χ1n) is 12.9. The summed E-state index contributed by atoms with van der Waals surface area (Å²) in [5.74, 6) is 1.07. The van der Waals surface area contributed by atoms with Gasteiger partial charge in [0.25, 0.3) is 0 Å². The van der Waals surface area contributed by atoms with Gasteiger partial charge in [-0.15, -0.1) is 10.2 Å². The third-order valence-corrected chi connectivity index (χ3v) is 7.10. The highest BCUT2D eigenvalue weighted by molar-refractivity contribution is 6.30. The molecule has 5 aromatic carbocycles. The fraction of sp³-hybridized carbons (Fsp3) is 0.0294. The Labute approximate surface area is 230 Å². The summed E-state index contributed by atoms with van der Waals surface area (Å²) in [5, 5.41) is 24.8. The van der Waals surface area contributed by atoms with Crippen LogP contribution in [0.5, 0.6) is 17.2 Å². The van der Waals surface area contributed by atoms with Gasteiger partial charge in [-0.1, -0.05) is 66.7 Å². The number of hydrogen-bond acceptors (Lipinski definition) is 6. The van der Waals surface area contributed by atoms with Crippen molar-refractivity contribution in [2.45, 2.75) is 6.92 Å². The van der Waals surface area contributed by atoms with E-state index in [2.05, 4.69) is 15.5 Å². The Morgan fingerprint density at radius 1 is 0.700 bits per heavy atom. The number of anilines is 2. The molecule has 6 aromatic rings. The molecule has 1 aliphatic carbocycles. The van der Waals surface area contributed by atoms with Gasteiger partial charge in [-0.05, 0) is 48.9 Å². The maximum absolute atomic E-state index is 14.2. The van der Waals surface area contributed by atoms with Crippen LogP contribution in [0, 0.1) is 6.92 Å². The van der Waals surface area contributed by atoms with Crippen molar-refractivity contribution in [1.82, 2.24) is 10.2 Å². The van der Waals surface area contributed by atoms with E-state index in [1.165, 1.54) is 0 Å². The number of carbonyl (C=O) groups is 1. The molecule has 1 aliphatic rings. The summed E-state index contributed by atoms with van der Waals surface area (Å²) in [4.78, 5) is 14.2. The van der Waals surface area contributed by atoms with Crippen molar-refractivity contribution in [3.63, 3.8) is 0 Å². The van der Waals surface area contributed by atoms with Crippen molar-refractivity contribution in [2.75, 3.05) is 5.32 Å². The molecule has 6 nitrogen and oxygen atoms in total. The predicted molar refractivity (Wildman–Crippen MR) is 156 cm³/mol. The Bertz CT molecular complexity index is 1950. The van der Waals surface area contributed by atoms with Crippen LogP contribution in [0.4, 0.5) is 11.4 Å². The quantitative estimate of drug-likeness (QED) is 0.238. The Kier molecular flexibility index (Phi) is 5.53. The lowest BCUT2D eigenvalue weighted by Gasteiger charge is -2.24. The minimum absolute atomic E-state index is 0.0594. The van der Waals surface area contributed by atoms with Crippen molar-refractivity contribution in [3.05, 3.63) is 126 Å². The maximum Gasteiger partial charge on any atom is 0.196 e. The molecule has 0 bridgehead atoms. The molecule has 0 fully saturated rings. The highest BCUT2D eigenvalue weighted by atomic mass is 16.5. The van der Waals surface area contributed by atoms with Crippen LogP contribution in [-0.4, -0.2) is 21.1 Å². The average Bonchev–Trinajstić information content (AvgIpc) is 2.97. The molecule has 0 spiro atoms. The summed E-state index contributed by atoms with van der Waals surface area (Å²) < 4.78 is 6.55. The van der Waals surface area contributed by atoms with Crippen LogP contribution < -0.4 is 10.1 Å². The zero-order valence-electron chi connectivity index (χ0n) is 21.6. The molecule has 0 atom stereocenters. The fourth-order valence-electron chi connectivity index (χ4n) is 5.30. The second kappa shape index (κ2) is 9.36. The Hall–Kier alpha value is -5.49. The minimum Gasteiger partial charge on any atom is -0.507 e. The molecule has 40 heavy (non-hydrogen) atoms. The number of aryl methyl sites for hydroxylation is 1. The molecule has 1 heterocycles. The number of ketones is 1. The molecule has 0 radical (unpaired) electrons. The lowest BCUT2D eigenvalue weighted by atomic mass is 9.83. The fourth-order valence-corrected chi connectivity index (χ4v) is 5.30. The van der Waals surface area contributed by atoms with Gasteiger partial charge in [0.05, 0.1) is 16.6 Å². The number of phenolic OH excluding ortho intramolecular Hbond substituents is 1. The molecule has 0 amide bonds. The summed E-state index contributed by atoms with van der Waals surface area (Å²) in [6.45, 7) is 2.00. The number of hydrogen-bond donors (Lipinski definition) is 2. The van der Waals surface area contributed by atoms with Gasteiger partial charge in [-0.25, -0.2) is 0 Å². The molecular weight excluding hydrogens is 498 g/mol. The Balaban J connectivity index is 1.61. The first kappa shape index (κ1) is 23.6. The normalized spacial score (nSPS) is 11.8. The second-order valence-corrected chi connectivity index (χ2v) is 9.75. The number of benzene rings is 5. The average molecular weight is 522 g/mol. The van der Waals surface area contributed by atoms with E-state index in [0.29, 0.717) is 61.6 Å². The number of carbonyl (C=O) groups excluding carboxylic acids is 1. The monoisotopic (exact) mass is 521 g/mol. The van der Waals surface area contributed by atoms with Gasteiger partial charge in [0.1, 0.15) is 28.6 Å². The first-order chi connectivity index (χ1) is 19.6. The van der Waals surface area contributed by atoms with Gasteiger partial charge in [0.2, 0.25) is 0 Å². The van der Waals surface area contributed by atoms with Crippen molar-refractivity contribution >= 4 is 27.9 Å². The smallest absolute Gasteiger partial charge is 0.196 e. The molecule has 7 rings (SSSR count). The van der Waals surface area contributed by atoms with Crippen molar-refractivity contribution < 1.29 is 14.6 Å². The lowest BCUT2D eigenvalue weighted by molar-refractivity contribution is 0.104. The summed E-state index contributed by atoms with van der Waals surface area (Å²) in [7, 11) is 0. The number of ether oxygens (including phenoxy) is 1. The number of fused-ring (bicyclic) bond motifs is 2. The largest absolute Gasteiger partial charge is 0.507 e. The van der Waals surface area contributed by atoms with Crippen molar-refractivity contribution in [3.8, 4) is 39.8 Å². The van der Waals surface area contributed by atoms with Gasteiger partial charge in [-0.2, -0.15) is 0 Å².